The molecule has 0 saturated carbocycles. The second kappa shape index (κ2) is 12.8. The van der Waals surface area contributed by atoms with Gasteiger partial charge >= 0.3 is 5.63 Å². The predicted octanol–water partition coefficient (Wildman–Crippen LogP) is 6.84. The zero-order chi connectivity index (χ0) is 29.6. The molecule has 0 atom stereocenters. The third kappa shape index (κ3) is 6.54. The summed E-state index contributed by atoms with van der Waals surface area (Å²) in [4.78, 5) is 25.6. The molecular weight excluding hydrogens is 576 g/mol. The first-order valence-corrected chi connectivity index (χ1v) is 13.5. The van der Waals surface area contributed by atoms with Crippen molar-refractivity contribution in [1.82, 2.24) is 5.32 Å². The normalized spacial score (nSPS) is 10.6. The molecule has 0 saturated heterocycles. The van der Waals surface area contributed by atoms with Crippen LogP contribution in [0.5, 0.6) is 17.2 Å². The van der Waals surface area contributed by atoms with Crippen molar-refractivity contribution in [3.05, 3.63) is 118 Å². The third-order valence-corrected chi connectivity index (χ3v) is 6.81. The number of nitrogens with one attached hydrogen (secondary N) is 2. The molecule has 5 aromatic rings. The van der Waals surface area contributed by atoms with Crippen LogP contribution in [0.25, 0.3) is 22.1 Å². The summed E-state index contributed by atoms with van der Waals surface area (Å²) in [6.07, 6.45) is 0. The van der Waals surface area contributed by atoms with Gasteiger partial charge in [-0.15, -0.1) is 0 Å². The lowest BCUT2D eigenvalue weighted by atomic mass is 10.0. The number of hydrogen-bond donors (Lipinski definition) is 2. The van der Waals surface area contributed by atoms with Gasteiger partial charge in [0.1, 0.15) is 17.9 Å². The Morgan fingerprint density at radius 3 is 2.38 bits per heavy atom. The Balaban J connectivity index is 1.26. The van der Waals surface area contributed by atoms with E-state index in [4.69, 9.17) is 42.4 Å². The second-order valence-electron chi connectivity index (χ2n) is 9.09. The van der Waals surface area contributed by atoms with Crippen LogP contribution in [-0.2, 0) is 6.61 Å². The fourth-order valence-corrected chi connectivity index (χ4v) is 4.59. The van der Waals surface area contributed by atoms with E-state index in [1.165, 1.54) is 14.2 Å². The van der Waals surface area contributed by atoms with Crippen molar-refractivity contribution in [1.29, 1.82) is 0 Å². The van der Waals surface area contributed by atoms with E-state index >= 15 is 0 Å². The second-order valence-corrected chi connectivity index (χ2v) is 9.93. The Morgan fingerprint density at radius 1 is 0.857 bits per heavy atom. The van der Waals surface area contributed by atoms with E-state index in [1.807, 2.05) is 24.3 Å². The number of carbonyl (C=O) groups is 1. The van der Waals surface area contributed by atoms with Crippen molar-refractivity contribution in [3.8, 4) is 28.4 Å². The van der Waals surface area contributed by atoms with Crippen molar-refractivity contribution in [2.75, 3.05) is 19.5 Å². The number of thiocarbonyl (C=S) groups is 1. The largest absolute Gasteiger partial charge is 0.496 e. The molecule has 0 radical (unpaired) electrons. The van der Waals surface area contributed by atoms with Crippen LogP contribution in [0.2, 0.25) is 5.02 Å². The van der Waals surface area contributed by atoms with Gasteiger partial charge in [0.15, 0.2) is 16.6 Å². The number of ether oxygens (including phenoxy) is 3. The molecule has 0 unspecified atom stereocenters. The lowest BCUT2D eigenvalue weighted by Crippen LogP contribution is -2.34. The van der Waals surface area contributed by atoms with Crippen molar-refractivity contribution in [2.24, 2.45) is 0 Å². The SMILES string of the molecule is COc1cc(C(=O)NC(=S)Nc2ccc(-c3cc4ccccc4oc3=O)c(OC)c2)ccc1OCc1ccc(Cl)cc1. The lowest BCUT2D eigenvalue weighted by molar-refractivity contribution is 0.0977. The van der Waals surface area contributed by atoms with Gasteiger partial charge in [-0.1, -0.05) is 41.9 Å². The van der Waals surface area contributed by atoms with Crippen molar-refractivity contribution in [3.63, 3.8) is 0 Å². The number of para-hydroxylation sites is 1. The lowest BCUT2D eigenvalue weighted by Gasteiger charge is -2.14. The van der Waals surface area contributed by atoms with Crippen LogP contribution in [0.4, 0.5) is 5.69 Å². The molecule has 10 heteroatoms. The molecule has 0 aliphatic carbocycles. The van der Waals surface area contributed by atoms with Gasteiger partial charge in [0.2, 0.25) is 0 Å². The van der Waals surface area contributed by atoms with Gasteiger partial charge in [0.05, 0.1) is 19.8 Å². The Hall–Kier alpha value is -4.86. The number of halogens is 1. The summed E-state index contributed by atoms with van der Waals surface area (Å²) >= 11 is 11.3. The third-order valence-electron chi connectivity index (χ3n) is 6.35. The van der Waals surface area contributed by atoms with Crippen molar-refractivity contribution in [2.45, 2.75) is 6.61 Å². The minimum atomic E-state index is -0.479. The zero-order valence-corrected chi connectivity index (χ0v) is 24.2. The van der Waals surface area contributed by atoms with Crippen LogP contribution < -0.4 is 30.5 Å². The maximum Gasteiger partial charge on any atom is 0.344 e. The predicted molar refractivity (Wildman–Crippen MR) is 167 cm³/mol. The molecule has 212 valence electrons. The van der Waals surface area contributed by atoms with Gasteiger partial charge in [-0.2, -0.15) is 0 Å². The molecule has 0 fully saturated rings. The van der Waals surface area contributed by atoms with Gasteiger partial charge < -0.3 is 23.9 Å². The number of fused-ring (bicyclic) bond motifs is 1. The van der Waals surface area contributed by atoms with E-state index in [1.54, 1.807) is 66.7 Å². The zero-order valence-electron chi connectivity index (χ0n) is 22.6. The molecule has 2 N–H and O–H groups in total. The molecule has 1 aromatic heterocycles. The molecule has 8 nitrogen and oxygen atoms in total. The van der Waals surface area contributed by atoms with Gasteiger partial charge in [-0.25, -0.2) is 4.79 Å². The van der Waals surface area contributed by atoms with E-state index in [0.717, 1.165) is 10.9 Å². The highest BCUT2D eigenvalue weighted by molar-refractivity contribution is 7.80. The summed E-state index contributed by atoms with van der Waals surface area (Å²) in [7, 11) is 3.00. The highest BCUT2D eigenvalue weighted by atomic mass is 35.5. The fourth-order valence-electron chi connectivity index (χ4n) is 4.25. The number of methoxy groups -OCH3 is 2. The average molecular weight is 601 g/mol. The molecule has 0 bridgehead atoms. The molecular formula is C32H25ClN2O6S. The Kier molecular flexibility index (Phi) is 8.71. The van der Waals surface area contributed by atoms with Crippen LogP contribution in [0.3, 0.4) is 0 Å². The summed E-state index contributed by atoms with van der Waals surface area (Å²) in [6, 6.07) is 26.3. The first-order chi connectivity index (χ1) is 20.3. The van der Waals surface area contributed by atoms with Crippen molar-refractivity contribution < 1.29 is 23.4 Å². The Morgan fingerprint density at radius 2 is 1.62 bits per heavy atom. The van der Waals surface area contributed by atoms with E-state index in [0.29, 0.717) is 56.8 Å². The number of rotatable bonds is 8. The van der Waals surface area contributed by atoms with Gasteiger partial charge in [-0.05, 0) is 72.4 Å². The number of benzene rings is 4. The average Bonchev–Trinajstić information content (AvgIpc) is 3.00. The molecule has 1 heterocycles. The van der Waals surface area contributed by atoms with E-state index in [9.17, 15) is 9.59 Å². The Labute approximate surface area is 251 Å². The summed E-state index contributed by atoms with van der Waals surface area (Å²) in [6.45, 7) is 0.307. The van der Waals surface area contributed by atoms with Gasteiger partial charge in [-0.3, -0.25) is 10.1 Å². The van der Waals surface area contributed by atoms with Crippen LogP contribution >= 0.6 is 23.8 Å². The van der Waals surface area contributed by atoms with Crippen LogP contribution in [0.15, 0.2) is 100 Å². The summed E-state index contributed by atoms with van der Waals surface area (Å²) in [5, 5.41) is 7.14. The van der Waals surface area contributed by atoms with E-state index < -0.39 is 11.5 Å². The molecule has 42 heavy (non-hydrogen) atoms. The van der Waals surface area contributed by atoms with E-state index in [2.05, 4.69) is 10.6 Å². The molecule has 0 spiro atoms. The van der Waals surface area contributed by atoms with Gasteiger partial charge in [0.25, 0.3) is 5.91 Å². The quantitative estimate of drug-likeness (QED) is 0.148. The molecule has 5 rings (SSSR count). The summed E-state index contributed by atoms with van der Waals surface area (Å²) in [5.74, 6) is 0.870. The minimum Gasteiger partial charge on any atom is -0.496 e. The molecule has 0 aliphatic rings. The number of anilines is 1. The monoisotopic (exact) mass is 600 g/mol. The van der Waals surface area contributed by atoms with Crippen LogP contribution in [0.1, 0.15) is 15.9 Å². The number of carbonyl (C=O) groups excluding carboxylic acids is 1. The van der Waals surface area contributed by atoms with Crippen LogP contribution in [-0.4, -0.2) is 25.2 Å². The Bertz CT molecular complexity index is 1840. The number of amides is 1. The van der Waals surface area contributed by atoms with Crippen LogP contribution in [0, 0.1) is 0 Å². The summed E-state index contributed by atoms with van der Waals surface area (Å²) < 4.78 is 22.3. The maximum atomic E-state index is 12.9. The van der Waals surface area contributed by atoms with Gasteiger partial charge in [0, 0.05) is 33.3 Å². The summed E-state index contributed by atoms with van der Waals surface area (Å²) in [5.41, 5.74) is 2.76. The van der Waals surface area contributed by atoms with Crippen molar-refractivity contribution >= 4 is 51.5 Å². The number of hydrogen-bond acceptors (Lipinski definition) is 7. The fraction of sp³-hybridized carbons (Fsp3) is 0.0938. The smallest absolute Gasteiger partial charge is 0.344 e. The first kappa shape index (κ1) is 28.7. The molecule has 1 amide bonds. The maximum absolute atomic E-state index is 12.9. The standard InChI is InChI=1S/C32H25ClN2O6S/c1-38-28-17-23(12-13-24(28)25-15-20-5-3-4-6-26(20)41-31(25)37)34-32(42)35-30(36)21-9-14-27(29(16-21)39-2)40-18-19-7-10-22(33)11-8-19/h3-17H,18H2,1-2H3,(H2,34,35,36,42). The van der Waals surface area contributed by atoms with E-state index in [-0.39, 0.29) is 5.11 Å². The minimum absolute atomic E-state index is 0.0713. The molecule has 4 aromatic carbocycles. The topological polar surface area (TPSA) is 99.0 Å². The molecule has 0 aliphatic heterocycles. The highest BCUT2D eigenvalue weighted by Crippen LogP contribution is 2.32. The highest BCUT2D eigenvalue weighted by Gasteiger charge is 2.16. The first-order valence-electron chi connectivity index (χ1n) is 12.7.